The van der Waals surface area contributed by atoms with Crippen molar-refractivity contribution in [3.8, 4) is 17.2 Å². The third-order valence-corrected chi connectivity index (χ3v) is 5.99. The predicted octanol–water partition coefficient (Wildman–Crippen LogP) is 4.11. The molecule has 0 saturated carbocycles. The molecule has 1 saturated heterocycles. The molecule has 0 bridgehead atoms. The molecule has 2 aromatic carbocycles. The summed E-state index contributed by atoms with van der Waals surface area (Å²) in [7, 11) is 6.97. The summed E-state index contributed by atoms with van der Waals surface area (Å²) in [4.78, 5) is 30.0. The lowest BCUT2D eigenvalue weighted by Crippen LogP contribution is -2.32. The first-order valence-corrected chi connectivity index (χ1v) is 12.1. The lowest BCUT2D eigenvalue weighted by molar-refractivity contribution is -0.140. The Morgan fingerprint density at radius 1 is 1.03 bits per heavy atom. The Hall–Kier alpha value is -3.52. The van der Waals surface area contributed by atoms with E-state index in [1.807, 2.05) is 19.0 Å². The van der Waals surface area contributed by atoms with Crippen molar-refractivity contribution in [2.24, 2.45) is 5.92 Å². The van der Waals surface area contributed by atoms with Crippen LogP contribution in [0.2, 0.25) is 0 Å². The number of carbonyl (C=O) groups is 2. The Morgan fingerprint density at radius 2 is 1.69 bits per heavy atom. The lowest BCUT2D eigenvalue weighted by atomic mass is 9.94. The average molecular weight is 497 g/mol. The number of rotatable bonds is 11. The normalized spacial score (nSPS) is 17.2. The zero-order valence-electron chi connectivity index (χ0n) is 21.9. The molecule has 0 aromatic heterocycles. The van der Waals surface area contributed by atoms with Gasteiger partial charge in [0.1, 0.15) is 23.0 Å². The Kier molecular flexibility index (Phi) is 8.98. The van der Waals surface area contributed by atoms with Crippen LogP contribution in [0.1, 0.15) is 37.4 Å². The van der Waals surface area contributed by atoms with E-state index >= 15 is 0 Å². The zero-order valence-corrected chi connectivity index (χ0v) is 21.9. The topological polar surface area (TPSA) is 88.5 Å². The predicted molar refractivity (Wildman–Crippen MR) is 139 cm³/mol. The minimum atomic E-state index is -0.801. The van der Waals surface area contributed by atoms with Gasteiger partial charge in [0.2, 0.25) is 0 Å². The number of ether oxygens (including phenoxy) is 3. The number of benzene rings is 2. The number of hydrogen-bond acceptors (Lipinski definition) is 7. The average Bonchev–Trinajstić information content (AvgIpc) is 3.11. The molecule has 1 N–H and O–H groups in total. The third kappa shape index (κ3) is 5.99. The van der Waals surface area contributed by atoms with Gasteiger partial charge in [0, 0.05) is 23.7 Å². The minimum Gasteiger partial charge on any atom is -0.507 e. The molecular formula is C28H36N2O6. The lowest BCUT2D eigenvalue weighted by Gasteiger charge is -2.27. The third-order valence-electron chi connectivity index (χ3n) is 5.99. The molecule has 8 nitrogen and oxygen atoms in total. The molecule has 0 unspecified atom stereocenters. The van der Waals surface area contributed by atoms with Gasteiger partial charge < -0.3 is 29.1 Å². The smallest absolute Gasteiger partial charge is 0.295 e. The van der Waals surface area contributed by atoms with Crippen LogP contribution >= 0.6 is 0 Å². The highest BCUT2D eigenvalue weighted by molar-refractivity contribution is 6.46. The molecular weight excluding hydrogens is 460 g/mol. The summed E-state index contributed by atoms with van der Waals surface area (Å²) in [5.74, 6) is 0.482. The highest BCUT2D eigenvalue weighted by Gasteiger charge is 2.46. The van der Waals surface area contributed by atoms with Gasteiger partial charge in [0.15, 0.2) is 0 Å². The summed E-state index contributed by atoms with van der Waals surface area (Å²) in [6.07, 6.45) is 0.664. The Bertz CT molecular complexity index is 1110. The number of likely N-dealkylation sites (tertiary alicyclic amines) is 1. The monoisotopic (exact) mass is 496 g/mol. The SMILES string of the molecule is COc1ccc([C@@H]2/C(=C(\O)c3ccc(OCC(C)C)cc3)C(=O)C(=O)N2CCCN(C)C)c(OC)c1. The second-order valence-corrected chi connectivity index (χ2v) is 9.49. The van der Waals surface area contributed by atoms with Gasteiger partial charge in [-0.2, -0.15) is 0 Å². The van der Waals surface area contributed by atoms with Crippen molar-refractivity contribution in [3.05, 3.63) is 59.2 Å². The first-order valence-electron chi connectivity index (χ1n) is 12.1. The van der Waals surface area contributed by atoms with Crippen molar-refractivity contribution in [2.45, 2.75) is 26.3 Å². The second-order valence-electron chi connectivity index (χ2n) is 9.49. The summed E-state index contributed by atoms with van der Waals surface area (Å²) in [5.41, 5.74) is 1.06. The number of methoxy groups -OCH3 is 2. The van der Waals surface area contributed by atoms with Gasteiger partial charge in [0.25, 0.3) is 11.7 Å². The highest BCUT2D eigenvalue weighted by atomic mass is 16.5. The van der Waals surface area contributed by atoms with Crippen molar-refractivity contribution in [3.63, 3.8) is 0 Å². The van der Waals surface area contributed by atoms with E-state index in [4.69, 9.17) is 14.2 Å². The van der Waals surface area contributed by atoms with Crippen molar-refractivity contribution in [1.29, 1.82) is 0 Å². The fourth-order valence-electron chi connectivity index (χ4n) is 4.16. The molecule has 8 heteroatoms. The van der Waals surface area contributed by atoms with Crippen LogP contribution in [-0.2, 0) is 9.59 Å². The first-order chi connectivity index (χ1) is 17.2. The van der Waals surface area contributed by atoms with E-state index in [-0.39, 0.29) is 11.3 Å². The summed E-state index contributed by atoms with van der Waals surface area (Å²) >= 11 is 0. The van der Waals surface area contributed by atoms with Crippen molar-refractivity contribution >= 4 is 17.4 Å². The van der Waals surface area contributed by atoms with Gasteiger partial charge >= 0.3 is 0 Å². The molecule has 1 amide bonds. The molecule has 36 heavy (non-hydrogen) atoms. The first kappa shape index (κ1) is 27.1. The van der Waals surface area contributed by atoms with Crippen LogP contribution < -0.4 is 14.2 Å². The number of ketones is 1. The number of aliphatic hydroxyl groups is 1. The molecule has 0 radical (unpaired) electrons. The fourth-order valence-corrected chi connectivity index (χ4v) is 4.16. The van der Waals surface area contributed by atoms with Crippen LogP contribution in [0.15, 0.2) is 48.0 Å². The van der Waals surface area contributed by atoms with Gasteiger partial charge in [-0.05, 0) is 69.4 Å². The van der Waals surface area contributed by atoms with E-state index in [2.05, 4.69) is 13.8 Å². The minimum absolute atomic E-state index is 0.0316. The van der Waals surface area contributed by atoms with E-state index in [9.17, 15) is 14.7 Å². The summed E-state index contributed by atoms with van der Waals surface area (Å²) in [6, 6.07) is 11.3. The molecule has 1 fully saturated rings. The van der Waals surface area contributed by atoms with Gasteiger partial charge in [-0.15, -0.1) is 0 Å². The molecule has 2 aromatic rings. The van der Waals surface area contributed by atoms with Crippen LogP contribution in [0.4, 0.5) is 0 Å². The molecule has 0 aliphatic carbocycles. The van der Waals surface area contributed by atoms with Crippen LogP contribution in [-0.4, -0.2) is 74.6 Å². The zero-order chi connectivity index (χ0) is 26.4. The maximum atomic E-state index is 13.3. The fraction of sp³-hybridized carbons (Fsp3) is 0.429. The molecule has 0 spiro atoms. The van der Waals surface area contributed by atoms with Crippen molar-refractivity contribution in [1.82, 2.24) is 9.80 Å². The van der Waals surface area contributed by atoms with E-state index in [1.165, 1.54) is 12.0 Å². The largest absolute Gasteiger partial charge is 0.507 e. The molecule has 1 atom stereocenters. The number of Topliss-reactive ketones (excluding diaryl/α,β-unsaturated/α-hetero) is 1. The summed E-state index contributed by atoms with van der Waals surface area (Å²) < 4.78 is 16.6. The van der Waals surface area contributed by atoms with Gasteiger partial charge in [-0.1, -0.05) is 13.8 Å². The van der Waals surface area contributed by atoms with Gasteiger partial charge in [0.05, 0.1) is 32.4 Å². The Balaban J connectivity index is 2.08. The van der Waals surface area contributed by atoms with E-state index in [0.29, 0.717) is 53.9 Å². The van der Waals surface area contributed by atoms with Crippen molar-refractivity contribution in [2.75, 3.05) is 48.0 Å². The van der Waals surface area contributed by atoms with Crippen LogP contribution in [0, 0.1) is 5.92 Å². The number of nitrogens with zero attached hydrogens (tertiary/aromatic N) is 2. The molecule has 1 aliphatic rings. The number of carbonyl (C=O) groups excluding carboxylic acids is 2. The van der Waals surface area contributed by atoms with Gasteiger partial charge in [-0.25, -0.2) is 0 Å². The van der Waals surface area contributed by atoms with E-state index < -0.39 is 17.7 Å². The van der Waals surface area contributed by atoms with E-state index in [0.717, 1.165) is 6.54 Å². The molecule has 1 aliphatic heterocycles. The van der Waals surface area contributed by atoms with Crippen LogP contribution in [0.25, 0.3) is 5.76 Å². The molecule has 1 heterocycles. The van der Waals surface area contributed by atoms with Crippen LogP contribution in [0.3, 0.4) is 0 Å². The second kappa shape index (κ2) is 11.9. The van der Waals surface area contributed by atoms with Crippen LogP contribution in [0.5, 0.6) is 17.2 Å². The maximum absolute atomic E-state index is 13.3. The van der Waals surface area contributed by atoms with Gasteiger partial charge in [-0.3, -0.25) is 9.59 Å². The number of hydrogen-bond donors (Lipinski definition) is 1. The standard InChI is InChI=1S/C28H36N2O6/c1-18(2)17-36-20-10-8-19(9-11-20)26(31)24-25(22-13-12-21(34-5)16-23(22)35-6)30(28(33)27(24)32)15-7-14-29(3)4/h8-13,16,18,25,31H,7,14-15,17H2,1-6H3/b26-24+/t25-/m1/s1. The Morgan fingerprint density at radius 3 is 2.28 bits per heavy atom. The highest BCUT2D eigenvalue weighted by Crippen LogP contribution is 2.43. The summed E-state index contributed by atoms with van der Waals surface area (Å²) in [6.45, 7) is 5.78. The molecule has 194 valence electrons. The quantitative estimate of drug-likeness (QED) is 0.285. The number of amides is 1. The van der Waals surface area contributed by atoms with E-state index in [1.54, 1.807) is 49.6 Å². The molecule has 3 rings (SSSR count). The Labute approximate surface area is 213 Å². The summed E-state index contributed by atoms with van der Waals surface area (Å²) in [5, 5.41) is 11.3. The van der Waals surface area contributed by atoms with Crippen molar-refractivity contribution < 1.29 is 28.9 Å². The number of aliphatic hydroxyl groups excluding tert-OH is 1. The maximum Gasteiger partial charge on any atom is 0.295 e.